The maximum atomic E-state index is 11.5. The average Bonchev–Trinajstić information content (AvgIpc) is 2.21. The van der Waals surface area contributed by atoms with E-state index >= 15 is 0 Å². The van der Waals surface area contributed by atoms with Crippen LogP contribution < -0.4 is 11.1 Å². The second-order valence-electron chi connectivity index (χ2n) is 7.03. The number of nitrogens with one attached hydrogen (secondary N) is 1. The standard InChI is InChI=1S/C14H29N3O2/c1-12(2)9-17(10-13(3,4)19-12)8-7-14(5,16-6)11(15)18/h16H,7-10H2,1-6H3,(H2,15,18). The molecule has 5 nitrogen and oxygen atoms in total. The molecule has 1 aliphatic rings. The first kappa shape index (κ1) is 16.4. The van der Waals surface area contributed by atoms with Gasteiger partial charge in [0.25, 0.3) is 0 Å². The molecule has 1 amide bonds. The van der Waals surface area contributed by atoms with Crippen LogP contribution in [0.25, 0.3) is 0 Å². The Hall–Kier alpha value is -0.650. The van der Waals surface area contributed by atoms with Gasteiger partial charge in [0, 0.05) is 19.6 Å². The molecule has 1 heterocycles. The van der Waals surface area contributed by atoms with Crippen LogP contribution in [0.4, 0.5) is 0 Å². The maximum absolute atomic E-state index is 11.5. The van der Waals surface area contributed by atoms with Gasteiger partial charge in [-0.25, -0.2) is 0 Å². The number of morpholine rings is 1. The molecule has 0 radical (unpaired) electrons. The molecule has 19 heavy (non-hydrogen) atoms. The van der Waals surface area contributed by atoms with Crippen LogP contribution >= 0.6 is 0 Å². The quantitative estimate of drug-likeness (QED) is 0.773. The summed E-state index contributed by atoms with van der Waals surface area (Å²) in [5.41, 5.74) is 4.49. The van der Waals surface area contributed by atoms with Crippen molar-refractivity contribution in [2.45, 2.75) is 57.8 Å². The molecule has 1 aliphatic heterocycles. The van der Waals surface area contributed by atoms with Gasteiger partial charge in [0.2, 0.25) is 5.91 Å². The molecule has 1 atom stereocenters. The van der Waals surface area contributed by atoms with Crippen molar-refractivity contribution in [3.63, 3.8) is 0 Å². The summed E-state index contributed by atoms with van der Waals surface area (Å²) in [6, 6.07) is 0. The van der Waals surface area contributed by atoms with E-state index in [-0.39, 0.29) is 17.1 Å². The zero-order valence-electron chi connectivity index (χ0n) is 13.2. The molecular formula is C14H29N3O2. The Labute approximate surface area is 116 Å². The first-order valence-electron chi connectivity index (χ1n) is 6.91. The van der Waals surface area contributed by atoms with E-state index in [4.69, 9.17) is 10.5 Å². The van der Waals surface area contributed by atoms with Gasteiger partial charge in [0.1, 0.15) is 0 Å². The van der Waals surface area contributed by atoms with Gasteiger partial charge in [-0.05, 0) is 48.1 Å². The van der Waals surface area contributed by atoms with Gasteiger partial charge in [-0.3, -0.25) is 9.69 Å². The highest BCUT2D eigenvalue weighted by Crippen LogP contribution is 2.28. The Bertz CT molecular complexity index is 326. The van der Waals surface area contributed by atoms with Crippen molar-refractivity contribution in [2.75, 3.05) is 26.7 Å². The third kappa shape index (κ3) is 4.44. The number of amides is 1. The van der Waals surface area contributed by atoms with Crippen molar-refractivity contribution in [3.8, 4) is 0 Å². The molecule has 1 rings (SSSR count). The van der Waals surface area contributed by atoms with Gasteiger partial charge in [-0.15, -0.1) is 0 Å². The van der Waals surface area contributed by atoms with Crippen LogP contribution in [-0.4, -0.2) is 54.2 Å². The molecule has 0 saturated carbocycles. The molecule has 0 spiro atoms. The van der Waals surface area contributed by atoms with E-state index in [9.17, 15) is 4.79 Å². The highest BCUT2D eigenvalue weighted by molar-refractivity contribution is 5.84. The van der Waals surface area contributed by atoms with Gasteiger partial charge in [-0.1, -0.05) is 0 Å². The zero-order chi connectivity index (χ0) is 14.9. The number of rotatable bonds is 5. The lowest BCUT2D eigenvalue weighted by atomic mass is 9.94. The van der Waals surface area contributed by atoms with Crippen molar-refractivity contribution in [1.82, 2.24) is 10.2 Å². The lowest BCUT2D eigenvalue weighted by Gasteiger charge is -2.47. The van der Waals surface area contributed by atoms with Crippen molar-refractivity contribution < 1.29 is 9.53 Å². The lowest BCUT2D eigenvalue weighted by molar-refractivity contribution is -0.180. The van der Waals surface area contributed by atoms with E-state index < -0.39 is 5.54 Å². The predicted molar refractivity (Wildman–Crippen MR) is 77.0 cm³/mol. The number of nitrogens with zero attached hydrogens (tertiary/aromatic N) is 1. The minimum Gasteiger partial charge on any atom is -0.368 e. The molecule has 0 aromatic carbocycles. The van der Waals surface area contributed by atoms with Crippen LogP contribution in [0.3, 0.4) is 0 Å². The fraction of sp³-hybridized carbons (Fsp3) is 0.929. The first-order chi connectivity index (χ1) is 8.50. The van der Waals surface area contributed by atoms with Crippen molar-refractivity contribution in [1.29, 1.82) is 0 Å². The van der Waals surface area contributed by atoms with E-state index in [1.165, 1.54) is 0 Å². The molecular weight excluding hydrogens is 242 g/mol. The topological polar surface area (TPSA) is 67.6 Å². The van der Waals surface area contributed by atoms with E-state index in [0.29, 0.717) is 6.42 Å². The normalized spacial score (nSPS) is 25.8. The Morgan fingerprint density at radius 1 is 1.32 bits per heavy atom. The number of hydrogen-bond donors (Lipinski definition) is 2. The second-order valence-corrected chi connectivity index (χ2v) is 7.03. The van der Waals surface area contributed by atoms with E-state index in [0.717, 1.165) is 19.6 Å². The zero-order valence-corrected chi connectivity index (χ0v) is 13.2. The number of primary amides is 1. The van der Waals surface area contributed by atoms with E-state index in [1.54, 1.807) is 7.05 Å². The van der Waals surface area contributed by atoms with Crippen molar-refractivity contribution in [2.24, 2.45) is 5.73 Å². The second kappa shape index (κ2) is 5.38. The molecule has 3 N–H and O–H groups in total. The van der Waals surface area contributed by atoms with Crippen molar-refractivity contribution >= 4 is 5.91 Å². The molecule has 1 unspecified atom stereocenters. The number of carbonyl (C=O) groups is 1. The van der Waals surface area contributed by atoms with Crippen LogP contribution in [0.15, 0.2) is 0 Å². The molecule has 1 fully saturated rings. The molecule has 1 saturated heterocycles. The SMILES string of the molecule is CNC(C)(CCN1CC(C)(C)OC(C)(C)C1)C(N)=O. The largest absolute Gasteiger partial charge is 0.368 e. The van der Waals surface area contributed by atoms with Gasteiger partial charge in [0.15, 0.2) is 0 Å². The van der Waals surface area contributed by atoms with Crippen LogP contribution in [0.2, 0.25) is 0 Å². The highest BCUT2D eigenvalue weighted by atomic mass is 16.5. The maximum Gasteiger partial charge on any atom is 0.237 e. The van der Waals surface area contributed by atoms with Crippen LogP contribution in [-0.2, 0) is 9.53 Å². The lowest BCUT2D eigenvalue weighted by Crippen LogP contribution is -2.59. The number of likely N-dealkylation sites (N-methyl/N-ethyl adjacent to an activating group) is 1. The number of hydrogen-bond acceptors (Lipinski definition) is 4. The monoisotopic (exact) mass is 271 g/mol. The fourth-order valence-corrected chi connectivity index (χ4v) is 2.86. The smallest absolute Gasteiger partial charge is 0.237 e. The summed E-state index contributed by atoms with van der Waals surface area (Å²) in [5, 5.41) is 3.03. The summed E-state index contributed by atoms with van der Waals surface area (Å²) in [5.74, 6) is -0.304. The average molecular weight is 271 g/mol. The van der Waals surface area contributed by atoms with Gasteiger partial charge in [-0.2, -0.15) is 0 Å². The minimum atomic E-state index is -0.646. The fourth-order valence-electron chi connectivity index (χ4n) is 2.86. The number of ether oxygens (including phenoxy) is 1. The Balaban J connectivity index is 2.65. The van der Waals surface area contributed by atoms with E-state index in [2.05, 4.69) is 37.9 Å². The van der Waals surface area contributed by atoms with Crippen LogP contribution in [0.1, 0.15) is 41.0 Å². The third-order valence-corrected chi connectivity index (χ3v) is 3.78. The van der Waals surface area contributed by atoms with Gasteiger partial charge < -0.3 is 15.8 Å². The summed E-state index contributed by atoms with van der Waals surface area (Å²) in [4.78, 5) is 13.8. The molecule has 0 aromatic rings. The summed E-state index contributed by atoms with van der Waals surface area (Å²) >= 11 is 0. The minimum absolute atomic E-state index is 0.162. The number of carbonyl (C=O) groups excluding carboxylic acids is 1. The van der Waals surface area contributed by atoms with Crippen molar-refractivity contribution in [3.05, 3.63) is 0 Å². The summed E-state index contributed by atoms with van der Waals surface area (Å²) in [6.07, 6.45) is 0.699. The van der Waals surface area contributed by atoms with E-state index in [1.807, 2.05) is 6.92 Å². The van der Waals surface area contributed by atoms with Crippen LogP contribution in [0, 0.1) is 0 Å². The van der Waals surface area contributed by atoms with Gasteiger partial charge in [0.05, 0.1) is 16.7 Å². The third-order valence-electron chi connectivity index (χ3n) is 3.78. The highest BCUT2D eigenvalue weighted by Gasteiger charge is 2.39. The Morgan fingerprint density at radius 2 is 1.79 bits per heavy atom. The molecule has 0 aromatic heterocycles. The Morgan fingerprint density at radius 3 is 2.16 bits per heavy atom. The molecule has 112 valence electrons. The summed E-state index contributed by atoms with van der Waals surface area (Å²) in [7, 11) is 1.78. The van der Waals surface area contributed by atoms with Crippen LogP contribution in [0.5, 0.6) is 0 Å². The summed E-state index contributed by atoms with van der Waals surface area (Å²) < 4.78 is 6.05. The Kier molecular flexibility index (Phi) is 4.65. The molecule has 5 heteroatoms. The molecule has 0 aliphatic carbocycles. The van der Waals surface area contributed by atoms with Gasteiger partial charge >= 0.3 is 0 Å². The summed E-state index contributed by atoms with van der Waals surface area (Å²) in [6.45, 7) is 12.8. The molecule has 0 bridgehead atoms. The predicted octanol–water partition coefficient (Wildman–Crippen LogP) is 0.729. The number of nitrogens with two attached hydrogens (primary N) is 1. The first-order valence-corrected chi connectivity index (χ1v) is 6.91.